The van der Waals surface area contributed by atoms with Crippen LogP contribution in [0, 0.1) is 6.92 Å². The van der Waals surface area contributed by atoms with Crippen LogP contribution < -0.4 is 0 Å². The molecule has 0 bridgehead atoms. The van der Waals surface area contributed by atoms with E-state index in [0.717, 1.165) is 21.6 Å². The fourth-order valence-corrected chi connectivity index (χ4v) is 4.87. The quantitative estimate of drug-likeness (QED) is 0.405. The lowest BCUT2D eigenvalue weighted by molar-refractivity contribution is -0.137. The first-order chi connectivity index (χ1) is 14.3. The number of hydrogen-bond donors (Lipinski definition) is 0. The molecule has 0 amide bonds. The Morgan fingerprint density at radius 2 is 1.70 bits per heavy atom. The number of aromatic nitrogens is 6. The number of aryl methyl sites for hydroxylation is 1. The fourth-order valence-electron chi connectivity index (χ4n) is 3.69. The van der Waals surface area contributed by atoms with E-state index in [9.17, 15) is 13.2 Å². The number of benzene rings is 1. The monoisotopic (exact) mass is 450 g/mol. The summed E-state index contributed by atoms with van der Waals surface area (Å²) in [6.45, 7) is 4.50. The number of halogens is 4. The second-order valence-electron chi connectivity index (χ2n) is 7.10. The normalized spacial score (nSPS) is 15.9. The third-order valence-electron chi connectivity index (χ3n) is 5.04. The molecule has 1 aliphatic rings. The molecule has 154 valence electrons. The van der Waals surface area contributed by atoms with Crippen LogP contribution >= 0.6 is 22.9 Å². The Morgan fingerprint density at radius 3 is 2.40 bits per heavy atom. The molecule has 6 nitrogen and oxygen atoms in total. The summed E-state index contributed by atoms with van der Waals surface area (Å²) < 4.78 is 43.6. The second kappa shape index (κ2) is 6.64. The largest absolute Gasteiger partial charge is 0.417 e. The van der Waals surface area contributed by atoms with Crippen molar-refractivity contribution >= 4 is 22.9 Å². The summed E-state index contributed by atoms with van der Waals surface area (Å²) in [4.78, 5) is 2.16. The first-order valence-corrected chi connectivity index (χ1v) is 10.3. The van der Waals surface area contributed by atoms with E-state index in [1.54, 1.807) is 15.9 Å². The number of fused-ring (bicyclic) bond motifs is 3. The van der Waals surface area contributed by atoms with E-state index >= 15 is 0 Å². The van der Waals surface area contributed by atoms with Crippen LogP contribution in [0.5, 0.6) is 0 Å². The lowest BCUT2D eigenvalue weighted by Gasteiger charge is -2.25. The van der Waals surface area contributed by atoms with Gasteiger partial charge in [-0.2, -0.15) is 13.2 Å². The fraction of sp³-hybridized carbons (Fsp3) is 0.263. The molecule has 11 heteroatoms. The van der Waals surface area contributed by atoms with Crippen molar-refractivity contribution < 1.29 is 13.2 Å². The van der Waals surface area contributed by atoms with Gasteiger partial charge in [0.05, 0.1) is 21.5 Å². The highest BCUT2D eigenvalue weighted by atomic mass is 35.5. The second-order valence-corrected chi connectivity index (χ2v) is 8.77. The first kappa shape index (κ1) is 19.3. The third-order valence-corrected chi connectivity index (χ3v) is 6.44. The minimum Gasteiger partial charge on any atom is -0.302 e. The summed E-state index contributed by atoms with van der Waals surface area (Å²) in [5.74, 6) is 1.99. The molecule has 5 rings (SSSR count). The molecule has 3 aromatic heterocycles. The summed E-state index contributed by atoms with van der Waals surface area (Å²) >= 11 is 7.75. The Labute approximate surface area is 178 Å². The number of thiophene rings is 1. The van der Waals surface area contributed by atoms with Crippen LogP contribution in [-0.2, 0) is 12.7 Å². The van der Waals surface area contributed by atoms with Crippen molar-refractivity contribution in [2.24, 2.45) is 0 Å². The molecule has 4 heterocycles. The minimum atomic E-state index is -4.56. The number of rotatable bonds is 2. The Hall–Kier alpha value is -2.72. The predicted octanol–water partition coefficient (Wildman–Crippen LogP) is 5.49. The highest BCUT2D eigenvalue weighted by Crippen LogP contribution is 2.42. The molecule has 1 atom stereocenters. The SMILES string of the molecule is Cc1ccc(-c2nnc3n2C[C@H](C)n2c(-c4cccc(C(F)(F)F)c4Cl)nnc2-3)s1. The topological polar surface area (TPSA) is 61.4 Å². The zero-order valence-corrected chi connectivity index (χ0v) is 17.3. The summed E-state index contributed by atoms with van der Waals surface area (Å²) in [7, 11) is 0. The van der Waals surface area contributed by atoms with Gasteiger partial charge in [0, 0.05) is 17.0 Å². The molecule has 0 N–H and O–H groups in total. The molecule has 0 unspecified atom stereocenters. The third kappa shape index (κ3) is 2.85. The van der Waals surface area contributed by atoms with Crippen LogP contribution in [0.4, 0.5) is 13.2 Å². The van der Waals surface area contributed by atoms with Gasteiger partial charge in [0.1, 0.15) is 0 Å². The summed E-state index contributed by atoms with van der Waals surface area (Å²) in [6, 6.07) is 7.66. The zero-order valence-electron chi connectivity index (χ0n) is 15.8. The van der Waals surface area contributed by atoms with Gasteiger partial charge in [0.25, 0.3) is 0 Å². The molecule has 0 saturated heterocycles. The van der Waals surface area contributed by atoms with Crippen LogP contribution in [0.3, 0.4) is 0 Å². The van der Waals surface area contributed by atoms with Crippen molar-refractivity contribution in [2.75, 3.05) is 0 Å². The molecule has 1 aromatic carbocycles. The van der Waals surface area contributed by atoms with Crippen molar-refractivity contribution in [1.29, 1.82) is 0 Å². The van der Waals surface area contributed by atoms with E-state index in [-0.39, 0.29) is 17.4 Å². The smallest absolute Gasteiger partial charge is 0.302 e. The summed E-state index contributed by atoms with van der Waals surface area (Å²) in [5, 5.41) is 16.6. The molecule has 0 spiro atoms. The first-order valence-electron chi connectivity index (χ1n) is 9.07. The van der Waals surface area contributed by atoms with Crippen molar-refractivity contribution in [2.45, 2.75) is 32.6 Å². The van der Waals surface area contributed by atoms with E-state index in [4.69, 9.17) is 11.6 Å². The Bertz CT molecular complexity index is 1270. The standard InChI is InChI=1S/C19H14ClF3N6S/c1-9-8-28-16(13-7-6-10(2)30-13)25-26-17(28)18-27-24-15(29(9)18)11-4-3-5-12(14(11)20)19(21,22)23/h3-7,9H,8H2,1-2H3/t9-/m0/s1. The van der Waals surface area contributed by atoms with Gasteiger partial charge in [0.15, 0.2) is 11.6 Å². The van der Waals surface area contributed by atoms with Crippen LogP contribution in [0.25, 0.3) is 33.7 Å². The van der Waals surface area contributed by atoms with E-state index in [1.807, 2.05) is 30.5 Å². The molecule has 4 aromatic rings. The lowest BCUT2D eigenvalue weighted by Crippen LogP contribution is -2.22. The molecule has 0 radical (unpaired) electrons. The van der Waals surface area contributed by atoms with Gasteiger partial charge >= 0.3 is 6.18 Å². The number of hydrogen-bond acceptors (Lipinski definition) is 5. The molecular weight excluding hydrogens is 437 g/mol. The summed E-state index contributed by atoms with van der Waals surface area (Å²) in [5.41, 5.74) is -0.722. The van der Waals surface area contributed by atoms with Gasteiger partial charge in [-0.3, -0.25) is 4.57 Å². The average molecular weight is 451 g/mol. The van der Waals surface area contributed by atoms with E-state index in [2.05, 4.69) is 20.4 Å². The van der Waals surface area contributed by atoms with Crippen LogP contribution in [0.2, 0.25) is 5.02 Å². The summed E-state index contributed by atoms with van der Waals surface area (Å²) in [6.07, 6.45) is -4.56. The van der Waals surface area contributed by atoms with Gasteiger partial charge in [-0.15, -0.1) is 31.7 Å². The highest BCUT2D eigenvalue weighted by Gasteiger charge is 2.36. The van der Waals surface area contributed by atoms with Gasteiger partial charge in [-0.05, 0) is 38.1 Å². The Kier molecular flexibility index (Phi) is 4.26. The van der Waals surface area contributed by atoms with Gasteiger partial charge in [-0.1, -0.05) is 17.7 Å². The van der Waals surface area contributed by atoms with Gasteiger partial charge in [0.2, 0.25) is 11.6 Å². The molecule has 0 saturated carbocycles. The maximum absolute atomic E-state index is 13.3. The van der Waals surface area contributed by atoms with E-state index < -0.39 is 16.8 Å². The maximum atomic E-state index is 13.3. The minimum absolute atomic E-state index is 0.140. The van der Waals surface area contributed by atoms with Crippen LogP contribution in [0.1, 0.15) is 23.4 Å². The van der Waals surface area contributed by atoms with Crippen LogP contribution in [0.15, 0.2) is 30.3 Å². The van der Waals surface area contributed by atoms with Crippen LogP contribution in [-0.4, -0.2) is 29.5 Å². The molecule has 0 aliphatic carbocycles. The lowest BCUT2D eigenvalue weighted by atomic mass is 10.1. The number of nitrogens with zero attached hydrogens (tertiary/aromatic N) is 6. The van der Waals surface area contributed by atoms with Crippen molar-refractivity contribution in [3.8, 4) is 33.7 Å². The Balaban J connectivity index is 1.66. The Morgan fingerprint density at radius 1 is 1.00 bits per heavy atom. The van der Waals surface area contributed by atoms with E-state index in [0.29, 0.717) is 18.2 Å². The molecule has 30 heavy (non-hydrogen) atoms. The van der Waals surface area contributed by atoms with Crippen molar-refractivity contribution in [3.63, 3.8) is 0 Å². The van der Waals surface area contributed by atoms with Crippen molar-refractivity contribution in [3.05, 3.63) is 45.8 Å². The predicted molar refractivity (Wildman–Crippen MR) is 107 cm³/mol. The van der Waals surface area contributed by atoms with Gasteiger partial charge < -0.3 is 4.57 Å². The van der Waals surface area contributed by atoms with E-state index in [1.165, 1.54) is 12.1 Å². The zero-order chi connectivity index (χ0) is 21.2. The molecular formula is C19H14ClF3N6S. The maximum Gasteiger partial charge on any atom is 0.417 e. The van der Waals surface area contributed by atoms with Gasteiger partial charge in [-0.25, -0.2) is 0 Å². The molecule has 0 fully saturated rings. The molecule has 1 aliphatic heterocycles. The number of alkyl halides is 3. The highest BCUT2D eigenvalue weighted by molar-refractivity contribution is 7.15. The van der Waals surface area contributed by atoms with Crippen molar-refractivity contribution in [1.82, 2.24) is 29.5 Å². The average Bonchev–Trinajstić information content (AvgIpc) is 3.38.